The lowest BCUT2D eigenvalue weighted by molar-refractivity contribution is -0.113. The number of thioether (sulfide) groups is 1. The number of rotatable bonds is 7. The molecule has 0 N–H and O–H groups in total. The fourth-order valence-electron chi connectivity index (χ4n) is 2.68. The predicted octanol–water partition coefficient (Wildman–Crippen LogP) is 6.61. The van der Waals surface area contributed by atoms with Gasteiger partial charge < -0.3 is 9.47 Å². The molecule has 0 saturated carbocycles. The molecular weight excluding hydrogens is 513 g/mol. The van der Waals surface area contributed by atoms with Crippen LogP contribution >= 0.6 is 51.5 Å². The van der Waals surface area contributed by atoms with Gasteiger partial charge in [-0.2, -0.15) is 0 Å². The number of nitrogens with zero attached hydrogens (tertiary/aromatic N) is 1. The predicted molar refractivity (Wildman–Crippen MR) is 128 cm³/mol. The monoisotopic (exact) mass is 527 g/mol. The average molecular weight is 529 g/mol. The van der Waals surface area contributed by atoms with E-state index in [1.165, 1.54) is 23.1 Å². The Hall–Kier alpha value is -1.87. The molecule has 0 radical (unpaired) electrons. The van der Waals surface area contributed by atoms with Gasteiger partial charge in [-0.05, 0) is 64.8 Å². The molecule has 2 aromatic carbocycles. The first-order valence-corrected chi connectivity index (χ1v) is 11.2. The number of carbonyl (C=O) groups excluding carboxylic acids is 1. The lowest BCUT2D eigenvalue weighted by Gasteiger charge is -2.15. The van der Waals surface area contributed by atoms with Crippen LogP contribution in [0.25, 0.3) is 6.08 Å². The number of amides is 1. The van der Waals surface area contributed by atoms with Crippen LogP contribution in [-0.2, 0) is 4.79 Å². The molecule has 1 aliphatic heterocycles. The minimum atomic E-state index is -0.562. The van der Waals surface area contributed by atoms with E-state index in [0.717, 1.165) is 17.3 Å². The Morgan fingerprint density at radius 2 is 2.10 bits per heavy atom. The third-order valence-corrected chi connectivity index (χ3v) is 6.11. The molecule has 0 spiro atoms. The summed E-state index contributed by atoms with van der Waals surface area (Å²) in [6.45, 7) is 6.30. The second-order valence-corrected chi connectivity index (χ2v) is 8.92. The molecule has 0 unspecified atom stereocenters. The maximum absolute atomic E-state index is 13.5. The fourth-order valence-corrected chi connectivity index (χ4v) is 4.73. The molecule has 9 heteroatoms. The summed E-state index contributed by atoms with van der Waals surface area (Å²) < 4.78 is 25.9. The zero-order valence-corrected chi connectivity index (χ0v) is 19.8. The molecule has 1 fully saturated rings. The van der Waals surface area contributed by atoms with Crippen LogP contribution in [0.15, 0.2) is 52.4 Å². The highest BCUT2D eigenvalue weighted by Gasteiger charge is 2.33. The molecule has 3 rings (SSSR count). The largest absolute Gasteiger partial charge is 0.490 e. The van der Waals surface area contributed by atoms with Crippen LogP contribution in [0.1, 0.15) is 12.5 Å². The zero-order valence-electron chi connectivity index (χ0n) is 15.8. The minimum Gasteiger partial charge on any atom is -0.490 e. The molecule has 1 amide bonds. The molecule has 0 bridgehead atoms. The van der Waals surface area contributed by atoms with Crippen LogP contribution in [0.5, 0.6) is 11.5 Å². The van der Waals surface area contributed by atoms with Crippen LogP contribution in [0, 0.1) is 5.82 Å². The van der Waals surface area contributed by atoms with Crippen LogP contribution < -0.4 is 14.4 Å². The van der Waals surface area contributed by atoms with E-state index in [1.54, 1.807) is 18.2 Å². The molecule has 1 saturated heterocycles. The van der Waals surface area contributed by atoms with Crippen molar-refractivity contribution in [3.63, 3.8) is 0 Å². The van der Waals surface area contributed by atoms with Crippen molar-refractivity contribution in [2.45, 2.75) is 6.92 Å². The maximum atomic E-state index is 13.5. The summed E-state index contributed by atoms with van der Waals surface area (Å²) in [5.41, 5.74) is 1.14. The molecule has 1 heterocycles. The van der Waals surface area contributed by atoms with Gasteiger partial charge >= 0.3 is 0 Å². The SMILES string of the molecule is C=CCOc1c(Br)cc(/C=C2/SC(=S)N(c3ccc(F)c(Cl)c3)C2=O)cc1OCC. The van der Waals surface area contributed by atoms with Crippen molar-refractivity contribution in [2.24, 2.45) is 0 Å². The standard InChI is InChI=1S/C21H16BrClFNO3S2/c1-3-7-28-19-14(22)8-12(9-17(19)27-4-2)10-18-20(26)25(21(29)30-18)13-5-6-16(24)15(23)11-13/h3,5-6,8-11H,1,4,7H2,2H3/b18-10+. The van der Waals surface area contributed by atoms with E-state index in [-0.39, 0.29) is 10.9 Å². The Labute approximate surface area is 196 Å². The van der Waals surface area contributed by atoms with Gasteiger partial charge in [0.05, 0.1) is 26.7 Å². The Kier molecular flexibility index (Phi) is 7.57. The summed E-state index contributed by atoms with van der Waals surface area (Å²) in [5, 5.41) is -0.0778. The van der Waals surface area contributed by atoms with Gasteiger partial charge in [-0.25, -0.2) is 4.39 Å². The zero-order chi connectivity index (χ0) is 21.8. The Morgan fingerprint density at radius 1 is 1.33 bits per heavy atom. The third kappa shape index (κ3) is 4.88. The number of halogens is 3. The van der Waals surface area contributed by atoms with Gasteiger partial charge in [0.15, 0.2) is 15.8 Å². The van der Waals surface area contributed by atoms with Crippen LogP contribution in [0.2, 0.25) is 5.02 Å². The van der Waals surface area contributed by atoms with Crippen LogP contribution in [0.3, 0.4) is 0 Å². The van der Waals surface area contributed by atoms with Crippen molar-refractivity contribution in [3.05, 3.63) is 68.8 Å². The maximum Gasteiger partial charge on any atom is 0.270 e. The number of hydrogen-bond donors (Lipinski definition) is 0. The summed E-state index contributed by atoms with van der Waals surface area (Å²) in [7, 11) is 0. The van der Waals surface area contributed by atoms with Gasteiger partial charge in [0, 0.05) is 0 Å². The third-order valence-electron chi connectivity index (χ3n) is 3.93. The summed E-state index contributed by atoms with van der Waals surface area (Å²) in [6.07, 6.45) is 3.36. The fraction of sp³-hybridized carbons (Fsp3) is 0.143. The molecule has 1 aliphatic rings. The molecule has 0 aromatic heterocycles. The van der Waals surface area contributed by atoms with Gasteiger partial charge in [-0.3, -0.25) is 9.69 Å². The summed E-state index contributed by atoms with van der Waals surface area (Å²) >= 11 is 15.9. The quantitative estimate of drug-likeness (QED) is 0.230. The minimum absolute atomic E-state index is 0.0778. The van der Waals surface area contributed by atoms with Crippen molar-refractivity contribution in [2.75, 3.05) is 18.1 Å². The number of hydrogen-bond acceptors (Lipinski definition) is 5. The average Bonchev–Trinajstić information content (AvgIpc) is 2.97. The number of ether oxygens (including phenoxy) is 2. The molecule has 30 heavy (non-hydrogen) atoms. The highest BCUT2D eigenvalue weighted by atomic mass is 79.9. The van der Waals surface area contributed by atoms with Crippen molar-refractivity contribution in [3.8, 4) is 11.5 Å². The van der Waals surface area contributed by atoms with E-state index < -0.39 is 5.82 Å². The number of benzene rings is 2. The van der Waals surface area contributed by atoms with E-state index >= 15 is 0 Å². The van der Waals surface area contributed by atoms with Crippen molar-refractivity contribution >= 4 is 73.5 Å². The van der Waals surface area contributed by atoms with E-state index in [9.17, 15) is 9.18 Å². The summed E-state index contributed by atoms with van der Waals surface area (Å²) in [6, 6.07) is 7.65. The van der Waals surface area contributed by atoms with E-state index in [0.29, 0.717) is 44.1 Å². The molecule has 4 nitrogen and oxygen atoms in total. The Balaban J connectivity index is 1.94. The molecular formula is C21H16BrClFNO3S2. The first kappa shape index (κ1) is 22.8. The first-order valence-electron chi connectivity index (χ1n) is 8.78. The summed E-state index contributed by atoms with van der Waals surface area (Å²) in [5.74, 6) is 0.227. The Morgan fingerprint density at radius 3 is 2.77 bits per heavy atom. The molecule has 0 aliphatic carbocycles. The van der Waals surface area contributed by atoms with Gasteiger partial charge in [-0.15, -0.1) is 0 Å². The normalized spacial score (nSPS) is 15.1. The van der Waals surface area contributed by atoms with E-state index in [4.69, 9.17) is 33.3 Å². The van der Waals surface area contributed by atoms with Crippen molar-refractivity contribution in [1.29, 1.82) is 0 Å². The summed E-state index contributed by atoms with van der Waals surface area (Å²) in [4.78, 5) is 14.7. The van der Waals surface area contributed by atoms with Crippen molar-refractivity contribution < 1.29 is 18.7 Å². The molecule has 2 aromatic rings. The second kappa shape index (κ2) is 9.96. The van der Waals surface area contributed by atoms with Crippen LogP contribution in [-0.4, -0.2) is 23.4 Å². The first-order chi connectivity index (χ1) is 14.3. The second-order valence-electron chi connectivity index (χ2n) is 5.98. The van der Waals surface area contributed by atoms with E-state index in [1.807, 2.05) is 13.0 Å². The van der Waals surface area contributed by atoms with Crippen molar-refractivity contribution in [1.82, 2.24) is 0 Å². The number of thiocarbonyl (C=S) groups is 1. The lowest BCUT2D eigenvalue weighted by atomic mass is 10.1. The van der Waals surface area contributed by atoms with Gasteiger partial charge in [0.25, 0.3) is 5.91 Å². The molecule has 156 valence electrons. The van der Waals surface area contributed by atoms with E-state index in [2.05, 4.69) is 22.5 Å². The number of anilines is 1. The Bertz CT molecular complexity index is 1060. The van der Waals surface area contributed by atoms with Gasteiger partial charge in [-0.1, -0.05) is 48.2 Å². The van der Waals surface area contributed by atoms with Crippen LogP contribution in [0.4, 0.5) is 10.1 Å². The molecule has 0 atom stereocenters. The number of carbonyl (C=O) groups is 1. The van der Waals surface area contributed by atoms with Gasteiger partial charge in [0.2, 0.25) is 0 Å². The highest BCUT2D eigenvalue weighted by molar-refractivity contribution is 9.10. The smallest absolute Gasteiger partial charge is 0.270 e. The lowest BCUT2D eigenvalue weighted by Crippen LogP contribution is -2.27. The highest BCUT2D eigenvalue weighted by Crippen LogP contribution is 2.40. The van der Waals surface area contributed by atoms with Gasteiger partial charge in [0.1, 0.15) is 12.4 Å². The topological polar surface area (TPSA) is 38.8 Å².